The Balaban J connectivity index is 1.51. The average Bonchev–Trinajstić information content (AvgIpc) is 2.72. The number of rotatable bonds is 7. The first-order valence-corrected chi connectivity index (χ1v) is 9.17. The van der Waals surface area contributed by atoms with Gasteiger partial charge >= 0.3 is 0 Å². The number of hydrogen-bond donors (Lipinski definition) is 1. The number of hydrogen-bond acceptors (Lipinski definition) is 4. The molecule has 1 aliphatic heterocycles. The molecule has 1 aliphatic rings. The molecule has 0 bridgehead atoms. The Labute approximate surface area is 154 Å². The van der Waals surface area contributed by atoms with E-state index in [9.17, 15) is 4.79 Å². The number of nitrogens with one attached hydrogen (secondary N) is 1. The number of morpholine rings is 1. The van der Waals surface area contributed by atoms with Gasteiger partial charge in [0.2, 0.25) is 0 Å². The monoisotopic (exact) mass is 354 g/mol. The number of anilines is 1. The summed E-state index contributed by atoms with van der Waals surface area (Å²) in [5, 5.41) is 2.97. The SMILES string of the molecule is CC[C@@H](Oc1ccccc1)C(=O)NCc1ccc(N2CCOCC2)cc1. The molecule has 2 aromatic rings. The number of nitrogens with zero attached hydrogens (tertiary/aromatic N) is 1. The molecule has 1 heterocycles. The molecule has 1 N–H and O–H groups in total. The van der Waals surface area contributed by atoms with E-state index in [1.165, 1.54) is 5.69 Å². The third-order valence-corrected chi connectivity index (χ3v) is 4.46. The van der Waals surface area contributed by atoms with Gasteiger partial charge in [-0.05, 0) is 36.2 Å². The molecule has 0 spiro atoms. The minimum Gasteiger partial charge on any atom is -0.481 e. The number of para-hydroxylation sites is 1. The van der Waals surface area contributed by atoms with E-state index in [0.29, 0.717) is 18.7 Å². The van der Waals surface area contributed by atoms with Crippen LogP contribution in [-0.4, -0.2) is 38.3 Å². The van der Waals surface area contributed by atoms with Gasteiger partial charge in [-0.25, -0.2) is 0 Å². The zero-order chi connectivity index (χ0) is 18.2. The van der Waals surface area contributed by atoms with Gasteiger partial charge in [-0.3, -0.25) is 4.79 Å². The van der Waals surface area contributed by atoms with E-state index in [2.05, 4.69) is 34.5 Å². The summed E-state index contributed by atoms with van der Waals surface area (Å²) in [7, 11) is 0. The van der Waals surface area contributed by atoms with Gasteiger partial charge in [0.1, 0.15) is 5.75 Å². The Bertz CT molecular complexity index is 682. The Hall–Kier alpha value is -2.53. The minimum absolute atomic E-state index is 0.0893. The second kappa shape index (κ2) is 9.25. The van der Waals surface area contributed by atoms with E-state index < -0.39 is 6.10 Å². The van der Waals surface area contributed by atoms with Gasteiger partial charge in [0, 0.05) is 25.3 Å². The summed E-state index contributed by atoms with van der Waals surface area (Å²) >= 11 is 0. The van der Waals surface area contributed by atoms with Crippen molar-refractivity contribution in [1.29, 1.82) is 0 Å². The summed E-state index contributed by atoms with van der Waals surface area (Å²) in [6.45, 7) is 5.84. The highest BCUT2D eigenvalue weighted by molar-refractivity contribution is 5.81. The number of carbonyl (C=O) groups excluding carboxylic acids is 1. The maximum Gasteiger partial charge on any atom is 0.261 e. The molecule has 5 nitrogen and oxygen atoms in total. The van der Waals surface area contributed by atoms with E-state index in [1.54, 1.807) is 0 Å². The van der Waals surface area contributed by atoms with Crippen LogP contribution < -0.4 is 15.0 Å². The van der Waals surface area contributed by atoms with E-state index in [1.807, 2.05) is 37.3 Å². The number of benzene rings is 2. The topological polar surface area (TPSA) is 50.8 Å². The lowest BCUT2D eigenvalue weighted by Crippen LogP contribution is -2.37. The normalized spacial score (nSPS) is 15.3. The lowest BCUT2D eigenvalue weighted by Gasteiger charge is -2.29. The first-order valence-electron chi connectivity index (χ1n) is 9.17. The third-order valence-electron chi connectivity index (χ3n) is 4.46. The predicted molar refractivity (Wildman–Crippen MR) is 102 cm³/mol. The van der Waals surface area contributed by atoms with Crippen LogP contribution in [-0.2, 0) is 16.1 Å². The van der Waals surface area contributed by atoms with Gasteiger partial charge < -0.3 is 19.7 Å². The van der Waals surface area contributed by atoms with E-state index in [0.717, 1.165) is 31.9 Å². The standard InChI is InChI=1S/C21H26N2O3/c1-2-20(26-19-6-4-3-5-7-19)21(24)22-16-17-8-10-18(11-9-17)23-12-14-25-15-13-23/h3-11,20H,2,12-16H2,1H3,(H,22,24)/t20-/m1/s1. The number of ether oxygens (including phenoxy) is 2. The highest BCUT2D eigenvalue weighted by Crippen LogP contribution is 2.17. The van der Waals surface area contributed by atoms with Crippen molar-refractivity contribution < 1.29 is 14.3 Å². The van der Waals surface area contributed by atoms with E-state index in [-0.39, 0.29) is 5.91 Å². The first-order chi connectivity index (χ1) is 12.8. The molecule has 1 fully saturated rings. The zero-order valence-corrected chi connectivity index (χ0v) is 15.2. The number of carbonyl (C=O) groups is 1. The Morgan fingerprint density at radius 3 is 2.46 bits per heavy atom. The zero-order valence-electron chi connectivity index (χ0n) is 15.2. The van der Waals surface area contributed by atoms with Crippen molar-refractivity contribution in [2.75, 3.05) is 31.2 Å². The van der Waals surface area contributed by atoms with Crippen molar-refractivity contribution in [1.82, 2.24) is 5.32 Å². The van der Waals surface area contributed by atoms with Crippen molar-refractivity contribution in [2.45, 2.75) is 26.0 Å². The van der Waals surface area contributed by atoms with Crippen molar-refractivity contribution in [3.05, 3.63) is 60.2 Å². The first kappa shape index (κ1) is 18.3. The van der Waals surface area contributed by atoms with Crippen LogP contribution >= 0.6 is 0 Å². The molecule has 5 heteroatoms. The molecule has 1 amide bonds. The van der Waals surface area contributed by atoms with Crippen LogP contribution in [0.15, 0.2) is 54.6 Å². The van der Waals surface area contributed by atoms with Gasteiger partial charge in [-0.15, -0.1) is 0 Å². The molecule has 1 saturated heterocycles. The summed E-state index contributed by atoms with van der Waals surface area (Å²) in [6, 6.07) is 17.8. The molecule has 0 aromatic heterocycles. The molecule has 2 aromatic carbocycles. The van der Waals surface area contributed by atoms with Crippen LogP contribution in [0.5, 0.6) is 5.75 Å². The third kappa shape index (κ3) is 4.99. The van der Waals surface area contributed by atoms with Crippen LogP contribution in [0.4, 0.5) is 5.69 Å². The van der Waals surface area contributed by atoms with Crippen LogP contribution in [0.3, 0.4) is 0 Å². The summed E-state index contributed by atoms with van der Waals surface area (Å²) < 4.78 is 11.2. The Kier molecular flexibility index (Phi) is 6.50. The second-order valence-corrected chi connectivity index (χ2v) is 6.31. The fourth-order valence-corrected chi connectivity index (χ4v) is 2.93. The molecule has 3 rings (SSSR count). The van der Waals surface area contributed by atoms with Gasteiger partial charge in [-0.1, -0.05) is 37.3 Å². The number of amides is 1. The predicted octanol–water partition coefficient (Wildman–Crippen LogP) is 3.00. The van der Waals surface area contributed by atoms with Gasteiger partial charge in [0.15, 0.2) is 6.10 Å². The molecule has 0 unspecified atom stereocenters. The molecule has 26 heavy (non-hydrogen) atoms. The van der Waals surface area contributed by atoms with Crippen molar-refractivity contribution in [2.24, 2.45) is 0 Å². The van der Waals surface area contributed by atoms with Gasteiger partial charge in [0.05, 0.1) is 13.2 Å². The highest BCUT2D eigenvalue weighted by Gasteiger charge is 2.18. The minimum atomic E-state index is -0.481. The molecular formula is C21H26N2O3. The summed E-state index contributed by atoms with van der Waals surface area (Å²) in [4.78, 5) is 14.7. The lowest BCUT2D eigenvalue weighted by atomic mass is 10.1. The van der Waals surface area contributed by atoms with Crippen molar-refractivity contribution in [3.8, 4) is 5.75 Å². The van der Waals surface area contributed by atoms with Gasteiger partial charge in [-0.2, -0.15) is 0 Å². The molecule has 1 atom stereocenters. The fraction of sp³-hybridized carbons (Fsp3) is 0.381. The maximum absolute atomic E-state index is 12.4. The quantitative estimate of drug-likeness (QED) is 0.830. The Morgan fingerprint density at radius 2 is 1.81 bits per heavy atom. The molecule has 138 valence electrons. The fourth-order valence-electron chi connectivity index (χ4n) is 2.93. The molecule has 0 radical (unpaired) electrons. The highest BCUT2D eigenvalue weighted by atomic mass is 16.5. The maximum atomic E-state index is 12.4. The summed E-state index contributed by atoms with van der Waals surface area (Å²) in [5.41, 5.74) is 2.27. The smallest absolute Gasteiger partial charge is 0.261 e. The average molecular weight is 354 g/mol. The largest absolute Gasteiger partial charge is 0.481 e. The van der Waals surface area contributed by atoms with Crippen molar-refractivity contribution in [3.63, 3.8) is 0 Å². The molecular weight excluding hydrogens is 328 g/mol. The van der Waals surface area contributed by atoms with Crippen LogP contribution in [0.1, 0.15) is 18.9 Å². The van der Waals surface area contributed by atoms with Crippen LogP contribution in [0.25, 0.3) is 0 Å². The van der Waals surface area contributed by atoms with Gasteiger partial charge in [0.25, 0.3) is 5.91 Å². The van der Waals surface area contributed by atoms with Crippen LogP contribution in [0, 0.1) is 0 Å². The summed E-state index contributed by atoms with van der Waals surface area (Å²) in [5.74, 6) is 0.623. The molecule has 0 saturated carbocycles. The van der Waals surface area contributed by atoms with E-state index >= 15 is 0 Å². The van der Waals surface area contributed by atoms with E-state index in [4.69, 9.17) is 9.47 Å². The second-order valence-electron chi connectivity index (χ2n) is 6.31. The summed E-state index contributed by atoms with van der Waals surface area (Å²) in [6.07, 6.45) is 0.140. The molecule has 0 aliphatic carbocycles. The van der Waals surface area contributed by atoms with Crippen molar-refractivity contribution >= 4 is 11.6 Å². The lowest BCUT2D eigenvalue weighted by molar-refractivity contribution is -0.128. The Morgan fingerprint density at radius 1 is 1.12 bits per heavy atom. The van der Waals surface area contributed by atoms with Crippen LogP contribution in [0.2, 0.25) is 0 Å².